The van der Waals surface area contributed by atoms with E-state index in [9.17, 15) is 4.79 Å². The average molecular weight is 233 g/mol. The molecule has 0 saturated carbocycles. The van der Waals surface area contributed by atoms with Crippen LogP contribution in [0.3, 0.4) is 0 Å². The Kier molecular flexibility index (Phi) is 3.42. The summed E-state index contributed by atoms with van der Waals surface area (Å²) in [7, 11) is 0. The fourth-order valence-electron chi connectivity index (χ4n) is 1.90. The van der Waals surface area contributed by atoms with Crippen molar-refractivity contribution < 1.29 is 14.4 Å². The molecule has 1 aliphatic heterocycles. The maximum atomic E-state index is 11.9. The van der Waals surface area contributed by atoms with Crippen molar-refractivity contribution in [2.75, 3.05) is 6.61 Å². The van der Waals surface area contributed by atoms with Gasteiger partial charge >= 0.3 is 5.97 Å². The maximum Gasteiger partial charge on any atom is 0.319 e. The predicted molar refractivity (Wildman–Crippen MR) is 63.5 cm³/mol. The Morgan fingerprint density at radius 2 is 2.12 bits per heavy atom. The quantitative estimate of drug-likeness (QED) is 0.753. The molecule has 1 aliphatic rings. The number of nitrogens with zero attached hydrogens (tertiary/aromatic N) is 1. The van der Waals surface area contributed by atoms with E-state index in [-0.39, 0.29) is 12.1 Å². The van der Waals surface area contributed by atoms with Gasteiger partial charge in [0, 0.05) is 0 Å². The summed E-state index contributed by atoms with van der Waals surface area (Å²) in [6, 6.07) is 9.59. The third kappa shape index (κ3) is 2.30. The number of carbonyl (C=O) groups is 1. The largest absolute Gasteiger partial charge is 0.465 e. The molecule has 4 heteroatoms. The monoisotopic (exact) mass is 233 g/mol. The molecule has 17 heavy (non-hydrogen) atoms. The fourth-order valence-corrected chi connectivity index (χ4v) is 1.90. The zero-order chi connectivity index (χ0) is 12.3. The van der Waals surface area contributed by atoms with Crippen LogP contribution < -0.4 is 0 Å². The van der Waals surface area contributed by atoms with Crippen LogP contribution in [0.1, 0.15) is 25.5 Å². The number of rotatable bonds is 3. The Balaban J connectivity index is 2.22. The molecular formula is C13H15NO3. The van der Waals surface area contributed by atoms with E-state index in [1.165, 1.54) is 0 Å². The summed E-state index contributed by atoms with van der Waals surface area (Å²) in [4.78, 5) is 17.2. The van der Waals surface area contributed by atoms with Crippen LogP contribution in [0.15, 0.2) is 35.5 Å². The van der Waals surface area contributed by atoms with Crippen molar-refractivity contribution in [3.05, 3.63) is 35.9 Å². The fraction of sp³-hybridized carbons (Fsp3) is 0.385. The van der Waals surface area contributed by atoms with Gasteiger partial charge in [-0.25, -0.2) is 0 Å². The van der Waals surface area contributed by atoms with Gasteiger partial charge in [0.2, 0.25) is 0 Å². The van der Waals surface area contributed by atoms with Gasteiger partial charge in [0.1, 0.15) is 5.92 Å². The molecule has 1 heterocycles. The lowest BCUT2D eigenvalue weighted by Crippen LogP contribution is -2.27. The van der Waals surface area contributed by atoms with Gasteiger partial charge in [-0.3, -0.25) is 4.79 Å². The zero-order valence-corrected chi connectivity index (χ0v) is 9.92. The van der Waals surface area contributed by atoms with Crippen LogP contribution >= 0.6 is 0 Å². The highest BCUT2D eigenvalue weighted by atomic mass is 16.6. The topological polar surface area (TPSA) is 47.9 Å². The minimum Gasteiger partial charge on any atom is -0.465 e. The van der Waals surface area contributed by atoms with Gasteiger partial charge in [0.05, 0.1) is 12.3 Å². The van der Waals surface area contributed by atoms with Crippen molar-refractivity contribution in [2.45, 2.75) is 20.0 Å². The Labute approximate surface area is 100 Å². The highest BCUT2D eigenvalue weighted by Gasteiger charge is 2.39. The SMILES string of the molecule is CCOC(=O)C1C(C)=NOC1c1ccccc1. The number of benzene rings is 1. The highest BCUT2D eigenvalue weighted by Crippen LogP contribution is 2.33. The minimum atomic E-state index is -0.433. The standard InChI is InChI=1S/C13H15NO3/c1-3-16-13(15)11-9(2)14-17-12(11)10-7-5-4-6-8-10/h4-8,11-12H,3H2,1-2H3. The van der Waals surface area contributed by atoms with Gasteiger partial charge in [0.25, 0.3) is 0 Å². The molecular weight excluding hydrogens is 218 g/mol. The van der Waals surface area contributed by atoms with E-state index in [1.54, 1.807) is 13.8 Å². The molecule has 0 aliphatic carbocycles. The minimum absolute atomic E-state index is 0.278. The molecule has 4 nitrogen and oxygen atoms in total. The first kappa shape index (κ1) is 11.6. The lowest BCUT2D eigenvalue weighted by molar-refractivity contribution is -0.148. The maximum absolute atomic E-state index is 11.9. The number of carbonyl (C=O) groups excluding carboxylic acids is 1. The number of hydrogen-bond acceptors (Lipinski definition) is 4. The summed E-state index contributed by atoms with van der Waals surface area (Å²) in [6.07, 6.45) is -0.366. The second-order valence-corrected chi connectivity index (χ2v) is 3.90. The van der Waals surface area contributed by atoms with Crippen molar-refractivity contribution in [2.24, 2.45) is 11.1 Å². The van der Waals surface area contributed by atoms with E-state index >= 15 is 0 Å². The van der Waals surface area contributed by atoms with Crippen molar-refractivity contribution in [1.29, 1.82) is 0 Å². The Hall–Kier alpha value is -1.84. The molecule has 0 radical (unpaired) electrons. The zero-order valence-electron chi connectivity index (χ0n) is 9.92. The van der Waals surface area contributed by atoms with Gasteiger partial charge in [-0.05, 0) is 19.4 Å². The second kappa shape index (κ2) is 4.99. The van der Waals surface area contributed by atoms with Crippen LogP contribution in [0, 0.1) is 5.92 Å². The predicted octanol–water partition coefficient (Wildman–Crippen LogP) is 2.31. The summed E-state index contributed by atoms with van der Waals surface area (Å²) in [5.74, 6) is -0.711. The van der Waals surface area contributed by atoms with Crippen molar-refractivity contribution in [3.63, 3.8) is 0 Å². The van der Waals surface area contributed by atoms with E-state index in [2.05, 4.69) is 5.16 Å². The number of oxime groups is 1. The van der Waals surface area contributed by atoms with E-state index < -0.39 is 5.92 Å². The molecule has 2 unspecified atom stereocenters. The summed E-state index contributed by atoms with van der Waals surface area (Å²) < 4.78 is 5.05. The van der Waals surface area contributed by atoms with Gasteiger partial charge in [-0.2, -0.15) is 0 Å². The van der Waals surface area contributed by atoms with E-state index in [1.807, 2.05) is 30.3 Å². The van der Waals surface area contributed by atoms with Crippen molar-refractivity contribution in [1.82, 2.24) is 0 Å². The molecule has 0 bridgehead atoms. The molecule has 2 atom stereocenters. The van der Waals surface area contributed by atoms with E-state index in [0.29, 0.717) is 12.3 Å². The van der Waals surface area contributed by atoms with Crippen molar-refractivity contribution in [3.8, 4) is 0 Å². The van der Waals surface area contributed by atoms with Gasteiger partial charge < -0.3 is 9.57 Å². The molecule has 0 fully saturated rings. The number of hydrogen-bond donors (Lipinski definition) is 0. The van der Waals surface area contributed by atoms with Crippen LogP contribution in [0.5, 0.6) is 0 Å². The molecule has 2 rings (SSSR count). The molecule has 1 aromatic carbocycles. The first-order chi connectivity index (χ1) is 8.24. The van der Waals surface area contributed by atoms with Gasteiger partial charge in [-0.15, -0.1) is 0 Å². The lowest BCUT2D eigenvalue weighted by Gasteiger charge is -2.16. The Morgan fingerprint density at radius 3 is 2.76 bits per heavy atom. The number of esters is 1. The summed E-state index contributed by atoms with van der Waals surface area (Å²) in [6.45, 7) is 3.94. The third-order valence-electron chi connectivity index (χ3n) is 2.73. The highest BCUT2D eigenvalue weighted by molar-refractivity contribution is 6.02. The van der Waals surface area contributed by atoms with Crippen LogP contribution in [-0.4, -0.2) is 18.3 Å². The number of ether oxygens (including phenoxy) is 1. The van der Waals surface area contributed by atoms with Gasteiger partial charge in [-0.1, -0.05) is 35.5 Å². The molecule has 90 valence electrons. The Bertz CT molecular complexity index is 428. The molecule has 1 aromatic rings. The average Bonchev–Trinajstić information content (AvgIpc) is 2.73. The second-order valence-electron chi connectivity index (χ2n) is 3.90. The Morgan fingerprint density at radius 1 is 1.41 bits per heavy atom. The smallest absolute Gasteiger partial charge is 0.319 e. The summed E-state index contributed by atoms with van der Waals surface area (Å²) >= 11 is 0. The van der Waals surface area contributed by atoms with E-state index in [4.69, 9.17) is 9.57 Å². The van der Waals surface area contributed by atoms with Crippen LogP contribution in [0.25, 0.3) is 0 Å². The normalized spacial score (nSPS) is 22.8. The summed E-state index contributed by atoms with van der Waals surface area (Å²) in [5.41, 5.74) is 1.60. The third-order valence-corrected chi connectivity index (χ3v) is 2.73. The molecule has 0 spiro atoms. The van der Waals surface area contributed by atoms with Crippen LogP contribution in [0.2, 0.25) is 0 Å². The van der Waals surface area contributed by atoms with Crippen LogP contribution in [0.4, 0.5) is 0 Å². The first-order valence-corrected chi connectivity index (χ1v) is 5.66. The van der Waals surface area contributed by atoms with Crippen molar-refractivity contribution >= 4 is 11.7 Å². The summed E-state index contributed by atoms with van der Waals surface area (Å²) in [5, 5.41) is 3.89. The lowest BCUT2D eigenvalue weighted by atomic mass is 9.93. The van der Waals surface area contributed by atoms with E-state index in [0.717, 1.165) is 5.56 Å². The molecule has 0 aromatic heterocycles. The van der Waals surface area contributed by atoms with Crippen LogP contribution in [-0.2, 0) is 14.4 Å². The molecule has 0 saturated heterocycles. The molecule has 0 amide bonds. The first-order valence-electron chi connectivity index (χ1n) is 5.66. The molecule has 0 N–H and O–H groups in total. The van der Waals surface area contributed by atoms with Gasteiger partial charge in [0.15, 0.2) is 6.10 Å².